The molecule has 4 bridgehead atoms. The molecule has 0 aliphatic carbocycles. The second-order valence-corrected chi connectivity index (χ2v) is 21.0. The molecule has 10 heterocycles. The summed E-state index contributed by atoms with van der Waals surface area (Å²) in [6, 6.07) is 16.8. The smallest absolute Gasteiger partial charge is 0.371 e. The second kappa shape index (κ2) is 19.6. The highest BCUT2D eigenvalue weighted by molar-refractivity contribution is 7.20. The van der Waals surface area contributed by atoms with Crippen molar-refractivity contribution >= 4 is 78.6 Å². The van der Waals surface area contributed by atoms with Gasteiger partial charge in [-0.2, -0.15) is 9.59 Å². The molecule has 8 aliphatic rings. The summed E-state index contributed by atoms with van der Waals surface area (Å²) in [6.45, 7) is 15.7. The van der Waals surface area contributed by atoms with E-state index in [1.54, 1.807) is 22.7 Å². The number of Topliss-reactive ketones (excluding diaryl/α,β-unsaturated/α-hetero) is 1. The lowest BCUT2D eigenvalue weighted by Gasteiger charge is -2.56. The number of thiophene rings is 2. The molecule has 0 spiro atoms. The molecule has 0 saturated carbocycles. The van der Waals surface area contributed by atoms with Crippen molar-refractivity contribution in [3.63, 3.8) is 0 Å². The number of carbonyl (C=O) groups excluding carboxylic acids is 3. The van der Waals surface area contributed by atoms with Gasteiger partial charge < -0.3 is 15.5 Å². The summed E-state index contributed by atoms with van der Waals surface area (Å²) in [5, 5.41) is 4.35. The molecule has 8 aliphatic heterocycles. The third-order valence-electron chi connectivity index (χ3n) is 14.9. The van der Waals surface area contributed by atoms with Gasteiger partial charge in [0, 0.05) is 96.2 Å². The highest BCUT2D eigenvalue weighted by atomic mass is 35.5. The molecule has 0 amide bonds. The van der Waals surface area contributed by atoms with Crippen molar-refractivity contribution in [2.45, 2.75) is 114 Å². The van der Waals surface area contributed by atoms with Crippen molar-refractivity contribution < 1.29 is 31.9 Å². The minimum Gasteiger partial charge on any atom is -0.371 e. The lowest BCUT2D eigenvalue weighted by molar-refractivity contribution is -0.191. The molecular formula is C47H62ClF4N5O3S2. The number of halogens is 5. The number of anilines is 2. The van der Waals surface area contributed by atoms with Crippen LogP contribution in [0.15, 0.2) is 53.9 Å². The van der Waals surface area contributed by atoms with Crippen LogP contribution in [0, 0.1) is 17.8 Å². The largest absolute Gasteiger partial charge is 0.373 e. The van der Waals surface area contributed by atoms with E-state index < -0.39 is 11.8 Å². The number of ketones is 1. The van der Waals surface area contributed by atoms with Crippen molar-refractivity contribution in [1.82, 2.24) is 9.80 Å². The van der Waals surface area contributed by atoms with Gasteiger partial charge in [0.2, 0.25) is 0 Å². The topological polar surface area (TPSA) is 90.2 Å². The molecule has 15 heteroatoms. The maximum atomic E-state index is 13.5. The first-order valence-corrected chi connectivity index (χ1v) is 23.6. The Morgan fingerprint density at radius 3 is 1.61 bits per heavy atom. The normalized spacial score (nSPS) is 28.5. The predicted octanol–water partition coefficient (Wildman–Crippen LogP) is 10.6. The molecule has 4 aromatic rings. The minimum atomic E-state index is -2.54. The number of piperidine rings is 8. The summed E-state index contributed by atoms with van der Waals surface area (Å²) in [6.07, 6.45) is 5.70. The SMILES string of the molecule is CC1(C)[C@H](CC(=O)c2cc3ccc(N4CCC(F)(F)CC4)cc3s2)C2CCN1CC2.CC1(C)[C@H](N)C2CCN1CC2.Cl.FC1(F)CCN(c2ccc3ccsc3c2)CC1.O=C=O. The number of alkyl halides is 4. The highest BCUT2D eigenvalue weighted by Crippen LogP contribution is 2.46. The molecule has 2 N–H and O–H groups in total. The summed E-state index contributed by atoms with van der Waals surface area (Å²) >= 11 is 3.24. The average molecular weight is 921 g/mol. The summed E-state index contributed by atoms with van der Waals surface area (Å²) in [4.78, 5) is 39.5. The summed E-state index contributed by atoms with van der Waals surface area (Å²) in [7, 11) is 0. The maximum Gasteiger partial charge on any atom is 0.373 e. The van der Waals surface area contributed by atoms with E-state index in [0.717, 1.165) is 45.3 Å². The summed E-state index contributed by atoms with van der Waals surface area (Å²) in [5.41, 5.74) is 8.56. The van der Waals surface area contributed by atoms with Crippen LogP contribution >= 0.6 is 35.1 Å². The van der Waals surface area contributed by atoms with E-state index in [-0.39, 0.29) is 61.1 Å². The Labute approximate surface area is 377 Å². The van der Waals surface area contributed by atoms with Crippen molar-refractivity contribution in [2.75, 3.05) is 62.2 Å². The van der Waals surface area contributed by atoms with Crippen molar-refractivity contribution in [3.8, 4) is 0 Å². The van der Waals surface area contributed by atoms with E-state index in [4.69, 9.17) is 15.3 Å². The van der Waals surface area contributed by atoms with E-state index in [1.807, 2.05) is 29.2 Å². The van der Waals surface area contributed by atoms with E-state index in [9.17, 15) is 22.4 Å². The van der Waals surface area contributed by atoms with Crippen molar-refractivity contribution in [1.29, 1.82) is 0 Å². The molecule has 62 heavy (non-hydrogen) atoms. The number of nitrogens with zero attached hydrogens (tertiary/aromatic N) is 4. The Kier molecular flexibility index (Phi) is 15.3. The van der Waals surface area contributed by atoms with Crippen LogP contribution in [-0.4, -0.2) is 103 Å². The first-order valence-electron chi connectivity index (χ1n) is 22.0. The van der Waals surface area contributed by atoms with Crippen molar-refractivity contribution in [2.24, 2.45) is 23.5 Å². The number of benzene rings is 2. The lowest BCUT2D eigenvalue weighted by atomic mass is 9.65. The summed E-state index contributed by atoms with van der Waals surface area (Å²) < 4.78 is 55.4. The molecule has 0 radical (unpaired) electrons. The quantitative estimate of drug-likeness (QED) is 0.156. The molecule has 0 unspecified atom stereocenters. The molecular weight excluding hydrogens is 858 g/mol. The predicted molar refractivity (Wildman–Crippen MR) is 246 cm³/mol. The Morgan fingerprint density at radius 2 is 1.15 bits per heavy atom. The van der Waals surface area contributed by atoms with Gasteiger partial charge in [0.15, 0.2) is 5.78 Å². The van der Waals surface area contributed by atoms with Crippen LogP contribution in [0.5, 0.6) is 0 Å². The molecule has 8 nitrogen and oxygen atoms in total. The van der Waals surface area contributed by atoms with Gasteiger partial charge in [0.25, 0.3) is 11.8 Å². The van der Waals surface area contributed by atoms with Gasteiger partial charge in [-0.05, 0) is 150 Å². The number of rotatable bonds is 5. The first kappa shape index (κ1) is 48.4. The first-order chi connectivity index (χ1) is 28.9. The molecule has 2 atom stereocenters. The van der Waals surface area contributed by atoms with Gasteiger partial charge in [0.05, 0.1) is 4.88 Å². The molecule has 12 rings (SSSR count). The number of carbonyl (C=O) groups is 1. The molecule has 8 saturated heterocycles. The van der Waals surface area contributed by atoms with Crippen LogP contribution in [-0.2, 0) is 9.59 Å². The fraction of sp³-hybridized carbons (Fsp3) is 0.617. The third-order valence-corrected chi connectivity index (χ3v) is 16.9. The second-order valence-electron chi connectivity index (χ2n) is 19.0. The van der Waals surface area contributed by atoms with Gasteiger partial charge in [-0.15, -0.1) is 35.1 Å². The molecule has 2 aromatic heterocycles. The van der Waals surface area contributed by atoms with E-state index in [0.29, 0.717) is 50.5 Å². The maximum absolute atomic E-state index is 13.5. The van der Waals surface area contributed by atoms with Crippen LogP contribution in [0.2, 0.25) is 0 Å². The van der Waals surface area contributed by atoms with Gasteiger partial charge in [-0.25, -0.2) is 17.6 Å². The zero-order chi connectivity index (χ0) is 43.7. The summed E-state index contributed by atoms with van der Waals surface area (Å²) in [5.74, 6) is -2.87. The van der Waals surface area contributed by atoms with E-state index in [1.165, 1.54) is 48.9 Å². The monoisotopic (exact) mass is 919 g/mol. The van der Waals surface area contributed by atoms with Gasteiger partial charge >= 0.3 is 6.15 Å². The number of nitrogens with two attached hydrogens (primary N) is 1. The number of hydrogen-bond acceptors (Lipinski definition) is 10. The Balaban J connectivity index is 0.000000168. The molecule has 2 aromatic carbocycles. The average Bonchev–Trinajstić information content (AvgIpc) is 3.89. The van der Waals surface area contributed by atoms with Gasteiger partial charge in [0.1, 0.15) is 0 Å². The number of hydrogen-bond donors (Lipinski definition) is 1. The number of fused-ring (bicyclic) bond motifs is 8. The molecule has 340 valence electrons. The van der Waals surface area contributed by atoms with Gasteiger partial charge in [-0.3, -0.25) is 14.6 Å². The zero-order valence-electron chi connectivity index (χ0n) is 36.4. The van der Waals surface area contributed by atoms with Crippen LogP contribution in [0.1, 0.15) is 95.2 Å². The fourth-order valence-electron chi connectivity index (χ4n) is 10.7. The highest BCUT2D eigenvalue weighted by Gasteiger charge is 2.48. The zero-order valence-corrected chi connectivity index (χ0v) is 38.8. The Bertz CT molecular complexity index is 2150. The van der Waals surface area contributed by atoms with E-state index in [2.05, 4.69) is 72.0 Å². The standard InChI is InChI=1S/C24H30F2N2OS.C13H13F2NS.C9H18N2.CO2.ClH/c1-23(2)19(16-5-9-28(23)10-6-16)15-20(29)22-13-17-3-4-18(14-21(17)30-22)27-11-7-24(25,26)8-12-27;14-13(15)4-6-16(7-5-13)11-2-1-10-3-8-17-12(10)9-11;1-9(2)8(10)7-3-5-11(9)6-4-7;2-1-3;/h3-4,13-14,16,19H,5-12,15H2,1-2H3;1-3,8-9H,4-7H2;7-8H,3-6,10H2,1-2H3;;1H/t19-;;8-;;/m1.1../s1. The van der Waals surface area contributed by atoms with Crippen molar-refractivity contribution in [3.05, 3.63) is 58.8 Å². The third kappa shape index (κ3) is 10.7. The van der Waals surface area contributed by atoms with E-state index >= 15 is 0 Å². The Morgan fingerprint density at radius 1 is 0.677 bits per heavy atom. The van der Waals surface area contributed by atoms with Crippen LogP contribution in [0.4, 0.5) is 28.9 Å². The molecule has 8 fully saturated rings. The lowest BCUT2D eigenvalue weighted by Crippen LogP contribution is -2.67. The van der Waals surface area contributed by atoms with Gasteiger partial charge in [-0.1, -0.05) is 12.1 Å². The minimum absolute atomic E-state index is 0. The van der Waals surface area contributed by atoms with Crippen LogP contribution < -0.4 is 15.5 Å². The van der Waals surface area contributed by atoms with Crippen LogP contribution in [0.25, 0.3) is 20.2 Å². The van der Waals surface area contributed by atoms with Crippen LogP contribution in [0.3, 0.4) is 0 Å². The fourth-order valence-corrected chi connectivity index (χ4v) is 12.6. The Hall–Kier alpha value is -3.10.